The Morgan fingerprint density at radius 2 is 1.30 bits per heavy atom. The molecule has 0 atom stereocenters. The molecule has 0 spiro atoms. The molecule has 0 saturated carbocycles. The van der Waals surface area contributed by atoms with Crippen molar-refractivity contribution < 1.29 is 44.3 Å². The molecule has 11 heteroatoms. The highest BCUT2D eigenvalue weighted by atomic mass is 19.4. The van der Waals surface area contributed by atoms with Gasteiger partial charge in [-0.15, -0.1) is 0 Å². The van der Waals surface area contributed by atoms with Crippen molar-refractivity contribution in [3.05, 3.63) is 29.8 Å². The van der Waals surface area contributed by atoms with Gasteiger partial charge in [-0.25, -0.2) is 0 Å². The molecule has 0 fully saturated rings. The number of hydrogen-bond acceptors (Lipinski definition) is 1. The van der Waals surface area contributed by atoms with E-state index in [9.17, 15) is 44.3 Å². The Balaban J connectivity index is 3.49. The van der Waals surface area contributed by atoms with Crippen molar-refractivity contribution in [1.82, 2.24) is 0 Å². The van der Waals surface area contributed by atoms with Gasteiger partial charge in [-0.05, 0) is 24.6 Å². The number of halogens is 9. The number of rotatable bonds is 2. The van der Waals surface area contributed by atoms with E-state index >= 15 is 0 Å². The normalized spacial score (nSPS) is 13.8. The third kappa shape index (κ3) is 3.22. The van der Waals surface area contributed by atoms with Crippen LogP contribution < -0.4 is 5.32 Å². The van der Waals surface area contributed by atoms with Gasteiger partial charge in [-0.2, -0.15) is 39.5 Å². The number of benzene rings is 1. The lowest BCUT2D eigenvalue weighted by molar-refractivity contribution is -0.405. The van der Waals surface area contributed by atoms with Gasteiger partial charge >= 0.3 is 23.9 Å². The first-order valence-electron chi connectivity index (χ1n) is 5.73. The number of carbonyl (C=O) groups is 1. The molecule has 0 aliphatic rings. The maximum atomic E-state index is 12.7. The molecule has 1 N–H and O–H groups in total. The minimum absolute atomic E-state index is 0.305. The number of carbonyl (C=O) groups excluding carboxylic acids is 1. The summed E-state index contributed by atoms with van der Waals surface area (Å²) < 4.78 is 114. The van der Waals surface area contributed by atoms with Gasteiger partial charge in [0.1, 0.15) is 0 Å². The Labute approximate surface area is 123 Å². The molecule has 130 valence electrons. The lowest BCUT2D eigenvalue weighted by Crippen LogP contribution is -2.65. The fourth-order valence-corrected chi connectivity index (χ4v) is 1.82. The molecule has 1 rings (SSSR count). The quantitative estimate of drug-likeness (QED) is 0.774. The largest absolute Gasteiger partial charge is 0.421 e. The topological polar surface area (TPSA) is 29.1 Å². The average Bonchev–Trinajstić information content (AvgIpc) is 2.22. The lowest BCUT2D eigenvalue weighted by atomic mass is 9.84. The first kappa shape index (κ1) is 19.1. The van der Waals surface area contributed by atoms with E-state index in [2.05, 4.69) is 0 Å². The minimum Gasteiger partial charge on any atom is -0.325 e. The summed E-state index contributed by atoms with van der Waals surface area (Å²) in [6.45, 7) is 1.38. The SMILES string of the molecule is Cc1cccc(NC(=O)C(C(F)(F)F)(C(F)(F)F)C(F)(F)F)c1. The van der Waals surface area contributed by atoms with Crippen LogP contribution in [0.25, 0.3) is 0 Å². The van der Waals surface area contributed by atoms with Gasteiger partial charge < -0.3 is 5.32 Å². The molecular formula is C12H8F9NO. The first-order chi connectivity index (χ1) is 10.1. The van der Waals surface area contributed by atoms with Crippen molar-refractivity contribution in [2.45, 2.75) is 25.5 Å². The summed E-state index contributed by atoms with van der Waals surface area (Å²) in [5.74, 6) is -3.27. The minimum atomic E-state index is -6.93. The van der Waals surface area contributed by atoms with Gasteiger partial charge in [0.2, 0.25) is 0 Å². The molecule has 23 heavy (non-hydrogen) atoms. The molecule has 0 bridgehead atoms. The van der Waals surface area contributed by atoms with E-state index in [1.54, 1.807) is 0 Å². The van der Waals surface area contributed by atoms with Crippen LogP contribution in [-0.4, -0.2) is 24.4 Å². The highest BCUT2D eigenvalue weighted by Gasteiger charge is 2.88. The second-order valence-electron chi connectivity index (χ2n) is 4.57. The van der Waals surface area contributed by atoms with Crippen molar-refractivity contribution in [2.75, 3.05) is 5.32 Å². The van der Waals surface area contributed by atoms with Crippen LogP contribution in [0.5, 0.6) is 0 Å². The van der Waals surface area contributed by atoms with Crippen LogP contribution in [0.4, 0.5) is 45.2 Å². The second-order valence-corrected chi connectivity index (χ2v) is 4.57. The van der Waals surface area contributed by atoms with Crippen molar-refractivity contribution >= 4 is 11.6 Å². The van der Waals surface area contributed by atoms with Gasteiger partial charge in [0, 0.05) is 5.69 Å². The van der Waals surface area contributed by atoms with E-state index in [0.29, 0.717) is 5.56 Å². The summed E-state index contributed by atoms with van der Waals surface area (Å²) in [5, 5.41) is 1.04. The second kappa shape index (κ2) is 5.60. The van der Waals surface area contributed by atoms with Gasteiger partial charge in [-0.3, -0.25) is 4.79 Å². The molecule has 1 aromatic rings. The maximum Gasteiger partial charge on any atom is 0.421 e. The third-order valence-corrected chi connectivity index (χ3v) is 2.89. The molecule has 1 amide bonds. The van der Waals surface area contributed by atoms with Crippen molar-refractivity contribution in [3.8, 4) is 0 Å². The van der Waals surface area contributed by atoms with Crippen LogP contribution in [0.15, 0.2) is 24.3 Å². The predicted molar refractivity (Wildman–Crippen MR) is 60.4 cm³/mol. The van der Waals surface area contributed by atoms with Crippen LogP contribution in [0.2, 0.25) is 0 Å². The average molecular weight is 353 g/mol. The van der Waals surface area contributed by atoms with Crippen LogP contribution in [0, 0.1) is 12.3 Å². The molecular weight excluding hydrogens is 345 g/mol. The van der Waals surface area contributed by atoms with Gasteiger partial charge in [0.05, 0.1) is 0 Å². The molecule has 0 saturated heterocycles. The Bertz CT molecular complexity index is 549. The number of aryl methyl sites for hydroxylation is 1. The summed E-state index contributed by atoms with van der Waals surface area (Å²) in [5.41, 5.74) is -6.85. The Kier molecular flexibility index (Phi) is 4.66. The van der Waals surface area contributed by atoms with Gasteiger partial charge in [-0.1, -0.05) is 12.1 Å². The van der Waals surface area contributed by atoms with E-state index in [-0.39, 0.29) is 0 Å². The summed E-state index contributed by atoms with van der Waals surface area (Å²) in [6.07, 6.45) is -20.8. The van der Waals surface area contributed by atoms with E-state index in [0.717, 1.165) is 23.5 Å². The third-order valence-electron chi connectivity index (χ3n) is 2.89. The predicted octanol–water partition coefficient (Wildman–Crippen LogP) is 4.61. The van der Waals surface area contributed by atoms with Crippen molar-refractivity contribution in [2.24, 2.45) is 5.41 Å². The fraction of sp³-hybridized carbons (Fsp3) is 0.417. The highest BCUT2D eigenvalue weighted by molar-refractivity contribution is 5.97. The van der Waals surface area contributed by atoms with Crippen LogP contribution >= 0.6 is 0 Å². The molecule has 0 unspecified atom stereocenters. The zero-order valence-corrected chi connectivity index (χ0v) is 11.1. The number of nitrogens with one attached hydrogen (secondary N) is 1. The summed E-state index contributed by atoms with van der Waals surface area (Å²) in [4.78, 5) is 11.4. The Morgan fingerprint density at radius 3 is 1.65 bits per heavy atom. The molecule has 0 aliphatic carbocycles. The number of hydrogen-bond donors (Lipinski definition) is 1. The van der Waals surface area contributed by atoms with E-state index in [1.807, 2.05) is 0 Å². The Hall–Kier alpha value is -1.94. The maximum absolute atomic E-state index is 12.7. The summed E-state index contributed by atoms with van der Waals surface area (Å²) in [7, 11) is 0. The zero-order valence-electron chi connectivity index (χ0n) is 11.1. The van der Waals surface area contributed by atoms with E-state index in [1.165, 1.54) is 13.0 Å². The van der Waals surface area contributed by atoms with E-state index in [4.69, 9.17) is 0 Å². The summed E-state index contributed by atoms with van der Waals surface area (Å²) in [6, 6.07) is 4.30. The van der Waals surface area contributed by atoms with Crippen LogP contribution in [0.1, 0.15) is 5.56 Å². The molecule has 0 heterocycles. The number of alkyl halides is 9. The van der Waals surface area contributed by atoms with Crippen LogP contribution in [0.3, 0.4) is 0 Å². The lowest BCUT2D eigenvalue weighted by Gasteiger charge is -2.36. The zero-order chi connectivity index (χ0) is 18.3. The van der Waals surface area contributed by atoms with Crippen LogP contribution in [-0.2, 0) is 4.79 Å². The smallest absolute Gasteiger partial charge is 0.325 e. The van der Waals surface area contributed by atoms with Gasteiger partial charge in [0.15, 0.2) is 0 Å². The standard InChI is InChI=1S/C12H8F9NO/c1-6-3-2-4-7(5-6)22-8(23)9(10(13,14)15,11(16,17)18)12(19,20)21/h2-5H,1H3,(H,22,23). The molecule has 0 aromatic heterocycles. The van der Waals surface area contributed by atoms with E-state index < -0.39 is 35.5 Å². The molecule has 0 radical (unpaired) electrons. The summed E-state index contributed by atoms with van der Waals surface area (Å²) >= 11 is 0. The van der Waals surface area contributed by atoms with Gasteiger partial charge in [0.25, 0.3) is 5.91 Å². The highest BCUT2D eigenvalue weighted by Crippen LogP contribution is 2.59. The van der Waals surface area contributed by atoms with Crippen molar-refractivity contribution in [3.63, 3.8) is 0 Å². The molecule has 2 nitrogen and oxygen atoms in total. The monoisotopic (exact) mass is 353 g/mol. The Morgan fingerprint density at radius 1 is 0.870 bits per heavy atom. The molecule has 1 aromatic carbocycles. The number of amides is 1. The fourth-order valence-electron chi connectivity index (χ4n) is 1.82. The molecule has 0 aliphatic heterocycles. The number of anilines is 1. The first-order valence-corrected chi connectivity index (χ1v) is 5.73. The van der Waals surface area contributed by atoms with Crippen molar-refractivity contribution in [1.29, 1.82) is 0 Å².